The standard InChI is InChI=1S/C18H22N4O5S2/c23-16(21-8-1-2-9-21)12-22-10-3-4-14(18(22)24)20-29(25,26)17-6-5-15(28-17)13-7-11-27-19-13/h5-7,11,14,20H,1-4,8-10,12H2. The quantitative estimate of drug-likeness (QED) is 0.727. The molecule has 2 amide bonds. The van der Waals surface area contributed by atoms with Gasteiger partial charge in [0.1, 0.15) is 22.2 Å². The van der Waals surface area contributed by atoms with Crippen molar-refractivity contribution < 1.29 is 22.5 Å². The molecule has 1 atom stereocenters. The molecule has 0 radical (unpaired) electrons. The normalized spacial score (nSPS) is 20.4. The van der Waals surface area contributed by atoms with E-state index in [9.17, 15) is 18.0 Å². The van der Waals surface area contributed by atoms with Gasteiger partial charge in [-0.2, -0.15) is 4.72 Å². The number of hydrogen-bond acceptors (Lipinski definition) is 7. The zero-order valence-corrected chi connectivity index (χ0v) is 17.4. The summed E-state index contributed by atoms with van der Waals surface area (Å²) in [6.45, 7) is 1.92. The van der Waals surface area contributed by atoms with Crippen LogP contribution in [0.4, 0.5) is 0 Å². The van der Waals surface area contributed by atoms with Crippen LogP contribution in [0.5, 0.6) is 0 Å². The molecule has 0 saturated carbocycles. The van der Waals surface area contributed by atoms with Crippen molar-refractivity contribution in [2.75, 3.05) is 26.2 Å². The number of rotatable bonds is 6. The van der Waals surface area contributed by atoms with Crippen LogP contribution in [0.25, 0.3) is 10.6 Å². The van der Waals surface area contributed by atoms with E-state index in [0.29, 0.717) is 30.0 Å². The summed E-state index contributed by atoms with van der Waals surface area (Å²) in [5, 5.41) is 3.80. The molecular formula is C18H22N4O5S2. The minimum Gasteiger partial charge on any atom is -0.364 e. The number of piperidine rings is 1. The fraction of sp³-hybridized carbons (Fsp3) is 0.500. The van der Waals surface area contributed by atoms with Crippen molar-refractivity contribution >= 4 is 33.2 Å². The maximum atomic E-state index is 12.8. The number of sulfonamides is 1. The van der Waals surface area contributed by atoms with E-state index in [2.05, 4.69) is 9.88 Å². The molecule has 29 heavy (non-hydrogen) atoms. The van der Waals surface area contributed by atoms with E-state index < -0.39 is 16.1 Å². The SMILES string of the molecule is O=C(CN1CCCC(NS(=O)(=O)c2ccc(-c3ccon3)s2)C1=O)N1CCCC1. The average Bonchev–Trinajstić information content (AvgIpc) is 3.46. The van der Waals surface area contributed by atoms with Crippen LogP contribution >= 0.6 is 11.3 Å². The predicted octanol–water partition coefficient (Wildman–Crippen LogP) is 1.29. The van der Waals surface area contributed by atoms with Gasteiger partial charge in [-0.15, -0.1) is 11.3 Å². The van der Waals surface area contributed by atoms with Gasteiger partial charge in [-0.1, -0.05) is 5.16 Å². The van der Waals surface area contributed by atoms with E-state index >= 15 is 0 Å². The lowest BCUT2D eigenvalue weighted by molar-refractivity contribution is -0.142. The van der Waals surface area contributed by atoms with Gasteiger partial charge in [-0.3, -0.25) is 9.59 Å². The summed E-state index contributed by atoms with van der Waals surface area (Å²) in [5.74, 6) is -0.421. The smallest absolute Gasteiger partial charge is 0.250 e. The maximum Gasteiger partial charge on any atom is 0.250 e. The van der Waals surface area contributed by atoms with Crippen LogP contribution in [0, 0.1) is 0 Å². The minimum atomic E-state index is -3.86. The van der Waals surface area contributed by atoms with Crippen LogP contribution in [-0.2, 0) is 19.6 Å². The molecule has 2 saturated heterocycles. The summed E-state index contributed by atoms with van der Waals surface area (Å²) >= 11 is 1.06. The lowest BCUT2D eigenvalue weighted by Crippen LogP contribution is -2.54. The Morgan fingerprint density at radius 2 is 2.00 bits per heavy atom. The third kappa shape index (κ3) is 4.36. The number of likely N-dealkylation sites (tertiary alicyclic amines) is 2. The molecule has 2 fully saturated rings. The Balaban J connectivity index is 1.42. The second-order valence-corrected chi connectivity index (χ2v) is 10.2. The first-order valence-corrected chi connectivity index (χ1v) is 11.8. The maximum absolute atomic E-state index is 12.8. The summed E-state index contributed by atoms with van der Waals surface area (Å²) in [6, 6.07) is 3.92. The van der Waals surface area contributed by atoms with E-state index in [1.807, 2.05) is 0 Å². The van der Waals surface area contributed by atoms with Crippen molar-refractivity contribution in [3.63, 3.8) is 0 Å². The molecule has 0 bridgehead atoms. The molecule has 0 aromatic carbocycles. The second kappa shape index (κ2) is 8.25. The molecule has 0 aliphatic carbocycles. The number of nitrogens with one attached hydrogen (secondary N) is 1. The number of carbonyl (C=O) groups excluding carboxylic acids is 2. The van der Waals surface area contributed by atoms with Crippen molar-refractivity contribution in [1.29, 1.82) is 0 Å². The molecule has 1 N–H and O–H groups in total. The highest BCUT2D eigenvalue weighted by molar-refractivity contribution is 7.91. The molecule has 11 heteroatoms. The molecule has 0 spiro atoms. The zero-order chi connectivity index (χ0) is 20.4. The largest absolute Gasteiger partial charge is 0.364 e. The first-order chi connectivity index (χ1) is 13.9. The second-order valence-electron chi connectivity index (χ2n) is 7.17. The van der Waals surface area contributed by atoms with Crippen LogP contribution in [-0.4, -0.2) is 67.4 Å². The third-order valence-corrected chi connectivity index (χ3v) is 8.22. The van der Waals surface area contributed by atoms with E-state index in [1.54, 1.807) is 17.0 Å². The first kappa shape index (κ1) is 20.0. The molecular weight excluding hydrogens is 416 g/mol. The average molecular weight is 439 g/mol. The molecule has 9 nitrogen and oxygen atoms in total. The monoisotopic (exact) mass is 438 g/mol. The van der Waals surface area contributed by atoms with Crippen molar-refractivity contribution in [1.82, 2.24) is 19.7 Å². The molecule has 4 rings (SSSR count). The molecule has 4 heterocycles. The van der Waals surface area contributed by atoms with Crippen LogP contribution in [0.3, 0.4) is 0 Å². The van der Waals surface area contributed by atoms with Gasteiger partial charge in [-0.25, -0.2) is 8.42 Å². The van der Waals surface area contributed by atoms with Crippen LogP contribution in [0.15, 0.2) is 33.2 Å². The van der Waals surface area contributed by atoms with Gasteiger partial charge in [0, 0.05) is 25.7 Å². The Morgan fingerprint density at radius 3 is 2.72 bits per heavy atom. The van der Waals surface area contributed by atoms with Crippen molar-refractivity contribution in [2.45, 2.75) is 35.9 Å². The number of thiophene rings is 1. The number of amides is 2. The summed E-state index contributed by atoms with van der Waals surface area (Å²) < 4.78 is 33.0. The van der Waals surface area contributed by atoms with Crippen molar-refractivity contribution in [3.8, 4) is 10.6 Å². The van der Waals surface area contributed by atoms with Crippen LogP contribution in [0.1, 0.15) is 25.7 Å². The molecule has 2 aliphatic heterocycles. The molecule has 1 unspecified atom stereocenters. The first-order valence-electron chi connectivity index (χ1n) is 9.53. The van der Waals surface area contributed by atoms with Gasteiger partial charge in [0.25, 0.3) is 10.0 Å². The fourth-order valence-electron chi connectivity index (χ4n) is 3.62. The molecule has 156 valence electrons. The van der Waals surface area contributed by atoms with E-state index in [4.69, 9.17) is 4.52 Å². The zero-order valence-electron chi connectivity index (χ0n) is 15.7. The summed E-state index contributed by atoms with van der Waals surface area (Å²) in [6.07, 6.45) is 4.44. The van der Waals surface area contributed by atoms with Crippen LogP contribution in [0.2, 0.25) is 0 Å². The number of hydrogen-bond donors (Lipinski definition) is 1. The van der Waals surface area contributed by atoms with Crippen molar-refractivity contribution in [3.05, 3.63) is 24.5 Å². The van der Waals surface area contributed by atoms with Gasteiger partial charge >= 0.3 is 0 Å². The number of nitrogens with zero attached hydrogens (tertiary/aromatic N) is 3. The lowest BCUT2D eigenvalue weighted by atomic mass is 10.1. The summed E-state index contributed by atoms with van der Waals surface area (Å²) in [5.41, 5.74) is 0.553. The van der Waals surface area contributed by atoms with E-state index in [1.165, 1.54) is 17.2 Å². The molecule has 2 aromatic rings. The summed E-state index contributed by atoms with van der Waals surface area (Å²) in [4.78, 5) is 29.0. The van der Waals surface area contributed by atoms with Gasteiger partial charge in [0.15, 0.2) is 0 Å². The number of aromatic nitrogens is 1. The Bertz CT molecular complexity index is 980. The highest BCUT2D eigenvalue weighted by atomic mass is 32.2. The molecule has 2 aromatic heterocycles. The van der Waals surface area contributed by atoms with E-state index in [-0.39, 0.29) is 22.6 Å². The fourth-order valence-corrected chi connectivity index (χ4v) is 6.13. The highest BCUT2D eigenvalue weighted by Crippen LogP contribution is 2.30. The Hall–Kier alpha value is -2.24. The number of carbonyl (C=O) groups is 2. The Labute approximate surface area is 172 Å². The van der Waals surface area contributed by atoms with Crippen LogP contribution < -0.4 is 4.72 Å². The lowest BCUT2D eigenvalue weighted by Gasteiger charge is -2.33. The Morgan fingerprint density at radius 1 is 1.21 bits per heavy atom. The topological polar surface area (TPSA) is 113 Å². The van der Waals surface area contributed by atoms with E-state index in [0.717, 1.165) is 37.3 Å². The predicted molar refractivity (Wildman–Crippen MR) is 106 cm³/mol. The van der Waals surface area contributed by atoms with Gasteiger partial charge in [0.05, 0.1) is 11.4 Å². The van der Waals surface area contributed by atoms with Gasteiger partial charge in [0.2, 0.25) is 11.8 Å². The van der Waals surface area contributed by atoms with Crippen molar-refractivity contribution in [2.24, 2.45) is 0 Å². The van der Waals surface area contributed by atoms with Gasteiger partial charge < -0.3 is 14.3 Å². The highest BCUT2D eigenvalue weighted by Gasteiger charge is 2.34. The van der Waals surface area contributed by atoms with Gasteiger partial charge in [-0.05, 0) is 37.8 Å². The summed E-state index contributed by atoms with van der Waals surface area (Å²) in [7, 11) is -3.86. The molecule has 2 aliphatic rings. The Kier molecular flexibility index (Phi) is 5.70. The third-order valence-electron chi connectivity index (χ3n) is 5.15. The minimum absolute atomic E-state index is 0.00632.